The first kappa shape index (κ1) is 23.7. The Labute approximate surface area is 201 Å². The Hall–Kier alpha value is -3.49. The molecule has 3 N–H and O–H groups in total. The predicted octanol–water partition coefficient (Wildman–Crippen LogP) is 5.27. The number of nitrogens with one attached hydrogen (secondary N) is 2. The van der Waals surface area contributed by atoms with Crippen molar-refractivity contribution in [3.8, 4) is 22.8 Å². The summed E-state index contributed by atoms with van der Waals surface area (Å²) in [4.78, 5) is 25.0. The van der Waals surface area contributed by atoms with Gasteiger partial charge in [0.05, 0.1) is 28.9 Å². The Morgan fingerprint density at radius 1 is 1.18 bits per heavy atom. The molecular weight excluding hydrogens is 457 g/mol. The van der Waals surface area contributed by atoms with Crippen molar-refractivity contribution in [3.05, 3.63) is 77.1 Å². The molecule has 2 aromatic carbocycles. The summed E-state index contributed by atoms with van der Waals surface area (Å²) in [6.07, 6.45) is 3.65. The molecule has 176 valence electrons. The standard InChI is InChI=1S/C25H25ClFN5O2/c1-25(2,3)32-14-29-21(16-5-7-17(27)8-6-16)22(32)23-28-13-20(30-23)24(34)31-19-9-4-15(10-11-33)12-18(19)26/h4-9,12-14,33H,10-11H2,1-3H3,(H,28,30)(H,31,34). The molecule has 0 bridgehead atoms. The highest BCUT2D eigenvalue weighted by molar-refractivity contribution is 6.34. The van der Waals surface area contributed by atoms with E-state index < -0.39 is 5.91 Å². The van der Waals surface area contributed by atoms with Crippen LogP contribution in [0, 0.1) is 5.82 Å². The number of carbonyl (C=O) groups excluding carboxylic acids is 1. The fourth-order valence-electron chi connectivity index (χ4n) is 3.59. The van der Waals surface area contributed by atoms with Gasteiger partial charge in [0.1, 0.15) is 17.2 Å². The quantitative estimate of drug-likeness (QED) is 0.349. The number of hydrogen-bond acceptors (Lipinski definition) is 4. The number of aliphatic hydroxyl groups is 1. The van der Waals surface area contributed by atoms with Gasteiger partial charge >= 0.3 is 0 Å². The number of anilines is 1. The SMILES string of the molecule is CC(C)(C)n1cnc(-c2ccc(F)cc2)c1-c1ncc(C(=O)Nc2ccc(CCO)cc2Cl)[nH]1. The third-order valence-electron chi connectivity index (χ3n) is 5.33. The van der Waals surface area contributed by atoms with E-state index in [2.05, 4.69) is 20.3 Å². The fraction of sp³-hybridized carbons (Fsp3) is 0.240. The van der Waals surface area contributed by atoms with Crippen LogP contribution in [0.25, 0.3) is 22.8 Å². The van der Waals surface area contributed by atoms with Crippen molar-refractivity contribution in [1.82, 2.24) is 19.5 Å². The molecule has 34 heavy (non-hydrogen) atoms. The van der Waals surface area contributed by atoms with Crippen molar-refractivity contribution in [2.24, 2.45) is 0 Å². The summed E-state index contributed by atoms with van der Waals surface area (Å²) >= 11 is 6.29. The molecule has 0 radical (unpaired) electrons. The summed E-state index contributed by atoms with van der Waals surface area (Å²) in [7, 11) is 0. The molecule has 4 rings (SSSR count). The second-order valence-corrected chi connectivity index (χ2v) is 9.28. The van der Waals surface area contributed by atoms with Crippen LogP contribution in [-0.2, 0) is 12.0 Å². The van der Waals surface area contributed by atoms with Gasteiger partial charge in [-0.15, -0.1) is 0 Å². The zero-order chi connectivity index (χ0) is 24.5. The van der Waals surface area contributed by atoms with E-state index in [1.54, 1.807) is 36.7 Å². The normalized spacial score (nSPS) is 11.6. The number of hydrogen-bond donors (Lipinski definition) is 3. The number of aromatic nitrogens is 4. The lowest BCUT2D eigenvalue weighted by atomic mass is 10.1. The lowest BCUT2D eigenvalue weighted by molar-refractivity contribution is 0.102. The van der Waals surface area contributed by atoms with Crippen molar-refractivity contribution in [1.29, 1.82) is 0 Å². The van der Waals surface area contributed by atoms with Crippen LogP contribution < -0.4 is 5.32 Å². The molecular formula is C25H25ClFN5O2. The Morgan fingerprint density at radius 3 is 2.56 bits per heavy atom. The number of nitrogens with zero attached hydrogens (tertiary/aromatic N) is 3. The maximum atomic E-state index is 13.5. The summed E-state index contributed by atoms with van der Waals surface area (Å²) in [6, 6.07) is 11.3. The van der Waals surface area contributed by atoms with Gasteiger partial charge in [0.2, 0.25) is 0 Å². The molecule has 0 spiro atoms. The summed E-state index contributed by atoms with van der Waals surface area (Å²) in [5.74, 6) is -0.275. The van der Waals surface area contributed by atoms with Crippen LogP contribution in [0.15, 0.2) is 55.0 Å². The van der Waals surface area contributed by atoms with E-state index in [0.717, 1.165) is 11.1 Å². The lowest BCUT2D eigenvalue weighted by Gasteiger charge is -2.23. The monoisotopic (exact) mass is 481 g/mol. The Bertz CT molecular complexity index is 1320. The van der Waals surface area contributed by atoms with Gasteiger partial charge < -0.3 is 20.0 Å². The molecule has 1 amide bonds. The van der Waals surface area contributed by atoms with Crippen LogP contribution in [0.2, 0.25) is 5.02 Å². The van der Waals surface area contributed by atoms with Crippen LogP contribution >= 0.6 is 11.6 Å². The topological polar surface area (TPSA) is 95.8 Å². The number of imidazole rings is 2. The number of rotatable bonds is 6. The fourth-order valence-corrected chi connectivity index (χ4v) is 3.84. The second kappa shape index (κ2) is 9.40. The molecule has 2 aromatic heterocycles. The average molecular weight is 482 g/mol. The molecule has 4 aromatic rings. The third kappa shape index (κ3) is 4.88. The highest BCUT2D eigenvalue weighted by Crippen LogP contribution is 2.33. The minimum Gasteiger partial charge on any atom is -0.396 e. The predicted molar refractivity (Wildman–Crippen MR) is 130 cm³/mol. The van der Waals surface area contributed by atoms with E-state index >= 15 is 0 Å². The van der Waals surface area contributed by atoms with Crippen LogP contribution in [0.5, 0.6) is 0 Å². The molecule has 0 aliphatic rings. The first-order valence-corrected chi connectivity index (χ1v) is 11.1. The smallest absolute Gasteiger partial charge is 0.273 e. The first-order valence-electron chi connectivity index (χ1n) is 10.8. The van der Waals surface area contributed by atoms with E-state index in [1.165, 1.54) is 18.3 Å². The second-order valence-electron chi connectivity index (χ2n) is 8.88. The molecule has 0 saturated heterocycles. The van der Waals surface area contributed by atoms with Gasteiger partial charge in [-0.3, -0.25) is 4.79 Å². The Morgan fingerprint density at radius 2 is 1.91 bits per heavy atom. The van der Waals surface area contributed by atoms with E-state index in [4.69, 9.17) is 16.7 Å². The van der Waals surface area contributed by atoms with E-state index in [-0.39, 0.29) is 23.7 Å². The molecule has 7 nitrogen and oxygen atoms in total. The first-order chi connectivity index (χ1) is 16.2. The molecule has 0 atom stereocenters. The summed E-state index contributed by atoms with van der Waals surface area (Å²) in [5.41, 5.74) is 3.30. The number of benzene rings is 2. The molecule has 0 fully saturated rings. The molecule has 2 heterocycles. The molecule has 9 heteroatoms. The van der Waals surface area contributed by atoms with Gasteiger partial charge in [-0.05, 0) is 69.2 Å². The number of amides is 1. The maximum absolute atomic E-state index is 13.5. The van der Waals surface area contributed by atoms with Crippen molar-refractivity contribution in [3.63, 3.8) is 0 Å². The van der Waals surface area contributed by atoms with Crippen LogP contribution in [-0.4, -0.2) is 37.1 Å². The van der Waals surface area contributed by atoms with Crippen molar-refractivity contribution >= 4 is 23.2 Å². The Kier molecular flexibility index (Phi) is 6.54. The zero-order valence-corrected chi connectivity index (χ0v) is 19.8. The van der Waals surface area contributed by atoms with Gasteiger partial charge in [0.15, 0.2) is 5.82 Å². The van der Waals surface area contributed by atoms with E-state index in [0.29, 0.717) is 34.3 Å². The van der Waals surface area contributed by atoms with Crippen LogP contribution in [0.1, 0.15) is 36.8 Å². The van der Waals surface area contributed by atoms with E-state index in [9.17, 15) is 9.18 Å². The van der Waals surface area contributed by atoms with Gasteiger partial charge in [-0.2, -0.15) is 0 Å². The summed E-state index contributed by atoms with van der Waals surface area (Å²) < 4.78 is 15.4. The number of halogens is 2. The van der Waals surface area contributed by atoms with Gasteiger partial charge in [-0.1, -0.05) is 17.7 Å². The minimum atomic E-state index is -0.402. The number of H-pyrrole nitrogens is 1. The summed E-state index contributed by atoms with van der Waals surface area (Å²) in [5, 5.41) is 12.2. The van der Waals surface area contributed by atoms with Gasteiger partial charge in [0.25, 0.3) is 5.91 Å². The van der Waals surface area contributed by atoms with Crippen LogP contribution in [0.4, 0.5) is 10.1 Å². The molecule has 0 aliphatic carbocycles. The number of carbonyl (C=O) groups is 1. The molecule has 0 saturated carbocycles. The summed E-state index contributed by atoms with van der Waals surface area (Å²) in [6.45, 7) is 6.12. The highest BCUT2D eigenvalue weighted by Gasteiger charge is 2.25. The largest absolute Gasteiger partial charge is 0.396 e. The molecule has 0 aliphatic heterocycles. The average Bonchev–Trinajstić information content (AvgIpc) is 3.43. The van der Waals surface area contributed by atoms with Crippen molar-refractivity contribution in [2.75, 3.05) is 11.9 Å². The van der Waals surface area contributed by atoms with Crippen LogP contribution in [0.3, 0.4) is 0 Å². The highest BCUT2D eigenvalue weighted by atomic mass is 35.5. The van der Waals surface area contributed by atoms with Crippen molar-refractivity contribution in [2.45, 2.75) is 32.7 Å². The third-order valence-corrected chi connectivity index (χ3v) is 5.65. The zero-order valence-electron chi connectivity index (χ0n) is 19.1. The number of aliphatic hydroxyl groups excluding tert-OH is 1. The Balaban J connectivity index is 1.67. The van der Waals surface area contributed by atoms with Gasteiger partial charge in [-0.25, -0.2) is 14.4 Å². The van der Waals surface area contributed by atoms with Gasteiger partial charge in [0, 0.05) is 17.7 Å². The minimum absolute atomic E-state index is 0.0179. The molecule has 0 unspecified atom stereocenters. The maximum Gasteiger partial charge on any atom is 0.273 e. The van der Waals surface area contributed by atoms with E-state index in [1.807, 2.05) is 25.3 Å². The number of aromatic amines is 1. The van der Waals surface area contributed by atoms with Crippen molar-refractivity contribution < 1.29 is 14.3 Å². The lowest BCUT2D eigenvalue weighted by Crippen LogP contribution is -2.22.